The number of amides is 1. The smallest absolute Gasteiger partial charge is 0.289 e. The highest BCUT2D eigenvalue weighted by Crippen LogP contribution is 2.35. The van der Waals surface area contributed by atoms with Crippen molar-refractivity contribution < 1.29 is 14.4 Å². The molecule has 148 valence electrons. The molecule has 0 saturated heterocycles. The average Bonchev–Trinajstić information content (AvgIpc) is 3.03. The zero-order valence-electron chi connectivity index (χ0n) is 16.8. The van der Waals surface area contributed by atoms with E-state index in [2.05, 4.69) is 16.9 Å². The van der Waals surface area contributed by atoms with E-state index >= 15 is 4.48 Å². The molecule has 0 bridgehead atoms. The number of aromatic nitrogens is 2. The summed E-state index contributed by atoms with van der Waals surface area (Å²) in [6.45, 7) is 4.73. The number of aliphatic hydroxyl groups is 1. The molecule has 0 atom stereocenters. The molecule has 3 rings (SSSR count). The lowest BCUT2D eigenvalue weighted by atomic mass is 9.99. The molecule has 5 nitrogen and oxygen atoms in total. The van der Waals surface area contributed by atoms with Gasteiger partial charge in [-0.15, -0.1) is 5.12 Å². The average molecular weight is 391 g/mol. The van der Waals surface area contributed by atoms with Crippen LogP contribution in [-0.4, -0.2) is 26.4 Å². The Hall–Kier alpha value is -3.43. The molecule has 2 aromatic carbocycles. The zero-order chi connectivity index (χ0) is 21.2. The van der Waals surface area contributed by atoms with E-state index in [1.165, 1.54) is 24.7 Å². The van der Waals surface area contributed by atoms with Crippen LogP contribution in [0.4, 0.5) is 10.2 Å². The lowest BCUT2D eigenvalue weighted by Crippen LogP contribution is -2.24. The zero-order valence-corrected chi connectivity index (χ0v) is 16.8. The number of carbonyl (C=O) groups excluding carboxylic acids is 1. The van der Waals surface area contributed by atoms with Crippen molar-refractivity contribution in [3.63, 3.8) is 0 Å². The summed E-state index contributed by atoms with van der Waals surface area (Å²) in [7, 11) is 1.67. The maximum atomic E-state index is 15.5. The molecular weight excluding hydrogens is 369 g/mol. The highest BCUT2D eigenvalue weighted by atomic mass is 19.2. The van der Waals surface area contributed by atoms with Crippen LogP contribution in [0.3, 0.4) is 0 Å². The van der Waals surface area contributed by atoms with Gasteiger partial charge in [-0.05, 0) is 32.4 Å². The fraction of sp³-hybridized carbons (Fsp3) is 0.217. The van der Waals surface area contributed by atoms with Gasteiger partial charge in [-0.3, -0.25) is 9.48 Å². The van der Waals surface area contributed by atoms with Crippen molar-refractivity contribution in [3.8, 4) is 23.0 Å². The molecule has 1 N–H and O–H groups in total. The van der Waals surface area contributed by atoms with Gasteiger partial charge in [0.05, 0.1) is 16.8 Å². The standard InChI is InChI=1S/C23H22FN3O2/c1-16-20(15-26(4)25-16)22(28)27(24)21-18(13-14-23(2,3)29)11-8-12-19(21)17-9-6-5-7-10-17/h5-12,15,29H,1-4H3. The van der Waals surface area contributed by atoms with Crippen LogP contribution in [0.25, 0.3) is 11.1 Å². The molecule has 29 heavy (non-hydrogen) atoms. The number of rotatable bonds is 3. The van der Waals surface area contributed by atoms with Gasteiger partial charge in [-0.25, -0.2) is 0 Å². The summed E-state index contributed by atoms with van der Waals surface area (Å²) in [5.74, 6) is 4.68. The Morgan fingerprint density at radius 2 is 1.86 bits per heavy atom. The lowest BCUT2D eigenvalue weighted by Gasteiger charge is -2.18. The predicted octanol–water partition coefficient (Wildman–Crippen LogP) is 4.05. The Bertz CT molecular complexity index is 1100. The van der Waals surface area contributed by atoms with E-state index in [0.717, 1.165) is 5.56 Å². The van der Waals surface area contributed by atoms with Gasteiger partial charge in [0.2, 0.25) is 0 Å². The van der Waals surface area contributed by atoms with Crippen molar-refractivity contribution in [1.29, 1.82) is 0 Å². The summed E-state index contributed by atoms with van der Waals surface area (Å²) < 4.78 is 17.0. The van der Waals surface area contributed by atoms with Crippen LogP contribution in [0.5, 0.6) is 0 Å². The van der Waals surface area contributed by atoms with Gasteiger partial charge in [0.1, 0.15) is 11.3 Å². The number of nitrogens with zero attached hydrogens (tertiary/aromatic N) is 3. The van der Waals surface area contributed by atoms with Crippen molar-refractivity contribution in [1.82, 2.24) is 9.78 Å². The molecule has 0 radical (unpaired) electrons. The van der Waals surface area contributed by atoms with Crippen LogP contribution in [0.1, 0.15) is 35.5 Å². The van der Waals surface area contributed by atoms with Crippen molar-refractivity contribution in [3.05, 3.63) is 71.5 Å². The molecule has 6 heteroatoms. The van der Waals surface area contributed by atoms with Crippen LogP contribution >= 0.6 is 0 Å². The lowest BCUT2D eigenvalue weighted by molar-refractivity contribution is 0.0930. The van der Waals surface area contributed by atoms with Gasteiger partial charge < -0.3 is 5.11 Å². The minimum Gasteiger partial charge on any atom is -0.378 e. The van der Waals surface area contributed by atoms with Gasteiger partial charge in [-0.1, -0.05) is 58.8 Å². The van der Waals surface area contributed by atoms with Crippen LogP contribution in [-0.2, 0) is 7.05 Å². The van der Waals surface area contributed by atoms with E-state index in [4.69, 9.17) is 0 Å². The molecule has 1 heterocycles. The van der Waals surface area contributed by atoms with Gasteiger partial charge in [0.25, 0.3) is 5.91 Å². The molecule has 0 spiro atoms. The van der Waals surface area contributed by atoms with Crippen LogP contribution in [0.15, 0.2) is 54.7 Å². The summed E-state index contributed by atoms with van der Waals surface area (Å²) in [6, 6.07) is 14.3. The number of aryl methyl sites for hydroxylation is 2. The van der Waals surface area contributed by atoms with E-state index in [0.29, 0.717) is 16.8 Å². The summed E-state index contributed by atoms with van der Waals surface area (Å²) in [6.07, 6.45) is 1.48. The Kier molecular flexibility index (Phi) is 5.53. The first-order chi connectivity index (χ1) is 13.7. The van der Waals surface area contributed by atoms with E-state index in [9.17, 15) is 9.90 Å². The summed E-state index contributed by atoms with van der Waals surface area (Å²) in [5, 5.41) is 14.2. The molecule has 0 fully saturated rings. The second kappa shape index (κ2) is 7.90. The van der Waals surface area contributed by atoms with Gasteiger partial charge in [-0.2, -0.15) is 5.10 Å². The van der Waals surface area contributed by atoms with Crippen molar-refractivity contribution >= 4 is 11.6 Å². The number of benzene rings is 2. The SMILES string of the molecule is Cc1nn(C)cc1C(=O)N(F)c1c(C#CC(C)(C)O)cccc1-c1ccccc1. The Morgan fingerprint density at radius 3 is 2.45 bits per heavy atom. The first kappa shape index (κ1) is 20.3. The third-order valence-corrected chi connectivity index (χ3v) is 4.24. The number of anilines is 1. The topological polar surface area (TPSA) is 58.4 Å². The first-order valence-electron chi connectivity index (χ1n) is 9.12. The van der Waals surface area contributed by atoms with Crippen molar-refractivity contribution in [2.24, 2.45) is 7.05 Å². The van der Waals surface area contributed by atoms with Crippen LogP contribution in [0, 0.1) is 18.8 Å². The van der Waals surface area contributed by atoms with Gasteiger partial charge in [0.15, 0.2) is 0 Å². The minimum atomic E-state index is -1.26. The summed E-state index contributed by atoms with van der Waals surface area (Å²) in [5.41, 5.74) is 0.930. The normalized spacial score (nSPS) is 11.0. The number of hydrogen-bond acceptors (Lipinski definition) is 3. The maximum absolute atomic E-state index is 15.5. The third-order valence-electron chi connectivity index (χ3n) is 4.24. The van der Waals surface area contributed by atoms with E-state index in [1.54, 1.807) is 32.2 Å². The van der Waals surface area contributed by atoms with Gasteiger partial charge >= 0.3 is 0 Å². The maximum Gasteiger partial charge on any atom is 0.289 e. The van der Waals surface area contributed by atoms with E-state index in [-0.39, 0.29) is 16.4 Å². The van der Waals surface area contributed by atoms with Crippen molar-refractivity contribution in [2.75, 3.05) is 5.12 Å². The molecule has 0 aliphatic carbocycles. The predicted molar refractivity (Wildman–Crippen MR) is 111 cm³/mol. The van der Waals surface area contributed by atoms with Crippen LogP contribution < -0.4 is 5.12 Å². The minimum absolute atomic E-state index is 0.0312. The molecule has 3 aromatic rings. The molecule has 0 aliphatic rings. The van der Waals surface area contributed by atoms with Crippen molar-refractivity contribution in [2.45, 2.75) is 26.4 Å². The quantitative estimate of drug-likeness (QED) is 0.541. The Balaban J connectivity index is 2.19. The summed E-state index contributed by atoms with van der Waals surface area (Å²) in [4.78, 5) is 12.9. The van der Waals surface area contributed by atoms with E-state index < -0.39 is 11.5 Å². The summed E-state index contributed by atoms with van der Waals surface area (Å²) >= 11 is 0. The number of hydrogen-bond donors (Lipinski definition) is 1. The molecule has 0 aliphatic heterocycles. The molecular formula is C23H22FN3O2. The molecule has 0 unspecified atom stereocenters. The van der Waals surface area contributed by atoms with Crippen LogP contribution in [0.2, 0.25) is 0 Å². The highest BCUT2D eigenvalue weighted by Gasteiger charge is 2.26. The Labute approximate surface area is 169 Å². The number of halogens is 1. The highest BCUT2D eigenvalue weighted by molar-refractivity contribution is 6.08. The second-order valence-electron chi connectivity index (χ2n) is 7.26. The monoisotopic (exact) mass is 391 g/mol. The molecule has 1 aromatic heterocycles. The fourth-order valence-electron chi connectivity index (χ4n) is 2.94. The number of para-hydroxylation sites is 1. The molecule has 1 amide bonds. The molecule has 0 saturated carbocycles. The van der Waals surface area contributed by atoms with E-state index in [1.807, 2.05) is 30.3 Å². The Morgan fingerprint density at radius 1 is 1.17 bits per heavy atom. The number of carbonyl (C=O) groups is 1. The fourth-order valence-corrected chi connectivity index (χ4v) is 2.94. The third kappa shape index (κ3) is 4.53. The second-order valence-corrected chi connectivity index (χ2v) is 7.26. The largest absolute Gasteiger partial charge is 0.378 e. The van der Waals surface area contributed by atoms with Gasteiger partial charge in [0, 0.05) is 18.8 Å². The first-order valence-corrected chi connectivity index (χ1v) is 9.12.